The van der Waals surface area contributed by atoms with Crippen LogP contribution in [0.25, 0.3) is 0 Å². The molecule has 0 aromatic heterocycles. The van der Waals surface area contributed by atoms with Gasteiger partial charge in [-0.3, -0.25) is 4.57 Å². The van der Waals surface area contributed by atoms with Gasteiger partial charge in [0, 0.05) is 5.57 Å². The van der Waals surface area contributed by atoms with E-state index in [1.807, 2.05) is 13.8 Å². The van der Waals surface area contributed by atoms with Crippen molar-refractivity contribution >= 4 is 13.6 Å². The van der Waals surface area contributed by atoms with Crippen LogP contribution in [0.4, 0.5) is 0 Å². The predicted molar refractivity (Wildman–Crippen MR) is 86.0 cm³/mol. The number of rotatable bonds is 13. The van der Waals surface area contributed by atoms with E-state index in [0.29, 0.717) is 0 Å². The first-order valence-electron chi connectivity index (χ1n) is 7.73. The second kappa shape index (κ2) is 11.8. The molecule has 130 valence electrons. The quantitative estimate of drug-likeness (QED) is 0.240. The van der Waals surface area contributed by atoms with E-state index in [0.717, 1.165) is 25.7 Å². The SMILES string of the molecule is C=C(C)C(=O)OCC(CO)P(=O)(OCCCC)OCCCC. The van der Waals surface area contributed by atoms with Crippen molar-refractivity contribution in [2.24, 2.45) is 0 Å². The molecule has 0 spiro atoms. The maximum Gasteiger partial charge on any atom is 0.339 e. The summed E-state index contributed by atoms with van der Waals surface area (Å²) in [6.45, 7) is 8.87. The van der Waals surface area contributed by atoms with Gasteiger partial charge in [-0.2, -0.15) is 0 Å². The Hall–Kier alpha value is -0.680. The highest BCUT2D eigenvalue weighted by Crippen LogP contribution is 2.53. The molecule has 22 heavy (non-hydrogen) atoms. The summed E-state index contributed by atoms with van der Waals surface area (Å²) in [6.07, 6.45) is 3.27. The van der Waals surface area contributed by atoms with E-state index in [1.54, 1.807) is 0 Å². The van der Waals surface area contributed by atoms with Crippen LogP contribution in [0.15, 0.2) is 12.2 Å². The van der Waals surface area contributed by atoms with Crippen LogP contribution in [-0.4, -0.2) is 43.2 Å². The van der Waals surface area contributed by atoms with Gasteiger partial charge in [-0.25, -0.2) is 4.79 Å². The van der Waals surface area contributed by atoms with Gasteiger partial charge in [-0.15, -0.1) is 0 Å². The molecule has 1 N–H and O–H groups in total. The van der Waals surface area contributed by atoms with Gasteiger partial charge in [0.1, 0.15) is 12.3 Å². The standard InChI is InChI=1S/C15H29O6P/c1-5-7-9-20-22(18,21-10-8-6-2)14(11-16)12-19-15(17)13(3)4/h14,16H,3,5-12H2,1-2,4H3. The van der Waals surface area contributed by atoms with Crippen LogP contribution < -0.4 is 0 Å². The molecule has 1 atom stereocenters. The lowest BCUT2D eigenvalue weighted by molar-refractivity contribution is -0.139. The number of carbonyl (C=O) groups excluding carboxylic acids is 1. The van der Waals surface area contributed by atoms with Gasteiger partial charge in [0.15, 0.2) is 0 Å². The largest absolute Gasteiger partial charge is 0.461 e. The minimum Gasteiger partial charge on any atom is -0.461 e. The Bertz CT molecular complexity index is 368. The predicted octanol–water partition coefficient (Wildman–Crippen LogP) is 3.29. The molecule has 0 rings (SSSR count). The van der Waals surface area contributed by atoms with Crippen molar-refractivity contribution in [1.82, 2.24) is 0 Å². The molecule has 7 heteroatoms. The van der Waals surface area contributed by atoms with Crippen LogP contribution in [0.3, 0.4) is 0 Å². The summed E-state index contributed by atoms with van der Waals surface area (Å²) in [6, 6.07) is 0. The van der Waals surface area contributed by atoms with Crippen molar-refractivity contribution < 1.29 is 28.3 Å². The fourth-order valence-corrected chi connectivity index (χ4v) is 3.18. The van der Waals surface area contributed by atoms with Crippen molar-refractivity contribution in [3.8, 4) is 0 Å². The Morgan fingerprint density at radius 1 is 1.18 bits per heavy atom. The minimum absolute atomic E-state index is 0.224. The molecule has 0 aromatic carbocycles. The molecule has 0 aliphatic carbocycles. The molecule has 1 unspecified atom stereocenters. The average Bonchev–Trinajstić information content (AvgIpc) is 2.48. The highest BCUT2D eigenvalue weighted by Gasteiger charge is 2.36. The van der Waals surface area contributed by atoms with Crippen LogP contribution in [-0.2, 0) is 23.1 Å². The number of carbonyl (C=O) groups is 1. The smallest absolute Gasteiger partial charge is 0.339 e. The van der Waals surface area contributed by atoms with E-state index in [1.165, 1.54) is 6.92 Å². The second-order valence-corrected chi connectivity index (χ2v) is 7.45. The van der Waals surface area contributed by atoms with Gasteiger partial charge in [-0.05, 0) is 19.8 Å². The van der Waals surface area contributed by atoms with Crippen LogP contribution in [0.2, 0.25) is 0 Å². The number of hydrogen-bond acceptors (Lipinski definition) is 6. The zero-order chi connectivity index (χ0) is 17.0. The monoisotopic (exact) mass is 336 g/mol. The lowest BCUT2D eigenvalue weighted by atomic mass is 10.4. The Labute approximate surface area is 133 Å². The van der Waals surface area contributed by atoms with Gasteiger partial charge in [0.25, 0.3) is 0 Å². The summed E-state index contributed by atoms with van der Waals surface area (Å²) in [5.74, 6) is -0.591. The van der Waals surface area contributed by atoms with Crippen LogP contribution >= 0.6 is 7.60 Å². The summed E-state index contributed by atoms with van der Waals surface area (Å²) >= 11 is 0. The second-order valence-electron chi connectivity index (χ2n) is 5.13. The molecule has 0 aliphatic heterocycles. The summed E-state index contributed by atoms with van der Waals surface area (Å²) in [7, 11) is -3.53. The number of esters is 1. The number of aliphatic hydroxyl groups excluding tert-OH is 1. The molecule has 0 bridgehead atoms. The first-order chi connectivity index (χ1) is 10.4. The maximum atomic E-state index is 12.9. The Kier molecular flexibility index (Phi) is 11.5. The van der Waals surface area contributed by atoms with E-state index in [9.17, 15) is 14.5 Å². The van der Waals surface area contributed by atoms with E-state index in [-0.39, 0.29) is 25.4 Å². The lowest BCUT2D eigenvalue weighted by Crippen LogP contribution is -2.25. The topological polar surface area (TPSA) is 82.1 Å². The molecule has 0 saturated carbocycles. The number of hydrogen-bond donors (Lipinski definition) is 1. The van der Waals surface area contributed by atoms with Crippen molar-refractivity contribution in [1.29, 1.82) is 0 Å². The zero-order valence-corrected chi connectivity index (χ0v) is 14.8. The third-order valence-electron chi connectivity index (χ3n) is 2.95. The van der Waals surface area contributed by atoms with Crippen molar-refractivity contribution in [2.75, 3.05) is 26.4 Å². The van der Waals surface area contributed by atoms with Crippen LogP contribution in [0, 0.1) is 0 Å². The molecule has 0 radical (unpaired) electrons. The minimum atomic E-state index is -3.53. The van der Waals surface area contributed by atoms with E-state index in [4.69, 9.17) is 13.8 Å². The molecule has 0 fully saturated rings. The summed E-state index contributed by atoms with van der Waals surface area (Å²) in [5, 5.41) is 9.48. The third kappa shape index (κ3) is 8.08. The summed E-state index contributed by atoms with van der Waals surface area (Å²) in [4.78, 5) is 11.4. The third-order valence-corrected chi connectivity index (χ3v) is 5.24. The highest BCUT2D eigenvalue weighted by molar-refractivity contribution is 7.54. The molecule has 0 heterocycles. The van der Waals surface area contributed by atoms with Crippen molar-refractivity contribution in [2.45, 2.75) is 52.1 Å². The van der Waals surface area contributed by atoms with E-state index >= 15 is 0 Å². The number of aliphatic hydroxyl groups is 1. The van der Waals surface area contributed by atoms with Crippen molar-refractivity contribution in [3.63, 3.8) is 0 Å². The van der Waals surface area contributed by atoms with Gasteiger partial charge < -0.3 is 18.9 Å². The Balaban J connectivity index is 4.78. The molecule has 0 amide bonds. The average molecular weight is 336 g/mol. The van der Waals surface area contributed by atoms with Gasteiger partial charge >= 0.3 is 13.6 Å². The van der Waals surface area contributed by atoms with Crippen LogP contribution in [0.5, 0.6) is 0 Å². The lowest BCUT2D eigenvalue weighted by Gasteiger charge is -2.25. The molecule has 6 nitrogen and oxygen atoms in total. The highest BCUT2D eigenvalue weighted by atomic mass is 31.2. The molecule has 0 aliphatic rings. The number of unbranched alkanes of at least 4 members (excludes halogenated alkanes) is 2. The van der Waals surface area contributed by atoms with E-state index < -0.39 is 25.8 Å². The first-order valence-corrected chi connectivity index (χ1v) is 9.34. The van der Waals surface area contributed by atoms with Gasteiger partial charge in [0.05, 0.1) is 19.8 Å². The molecular formula is C15H29O6P. The first kappa shape index (κ1) is 21.3. The maximum absolute atomic E-state index is 12.9. The van der Waals surface area contributed by atoms with Crippen LogP contribution in [0.1, 0.15) is 46.5 Å². The van der Waals surface area contributed by atoms with Gasteiger partial charge in [0.2, 0.25) is 0 Å². The van der Waals surface area contributed by atoms with Gasteiger partial charge in [-0.1, -0.05) is 33.3 Å². The molecule has 0 saturated heterocycles. The molecular weight excluding hydrogens is 307 g/mol. The normalized spacial score (nSPS) is 12.9. The van der Waals surface area contributed by atoms with E-state index in [2.05, 4.69) is 6.58 Å². The number of ether oxygens (including phenoxy) is 1. The fraction of sp³-hybridized carbons (Fsp3) is 0.800. The summed E-state index contributed by atoms with van der Waals surface area (Å²) < 4.78 is 28.7. The Morgan fingerprint density at radius 2 is 1.68 bits per heavy atom. The molecule has 0 aromatic rings. The fourth-order valence-electron chi connectivity index (χ4n) is 1.46. The summed E-state index contributed by atoms with van der Waals surface area (Å²) in [5.41, 5.74) is -0.644. The Morgan fingerprint density at radius 3 is 2.05 bits per heavy atom. The van der Waals surface area contributed by atoms with Crippen molar-refractivity contribution in [3.05, 3.63) is 12.2 Å². The zero-order valence-electron chi connectivity index (χ0n) is 13.9.